The average molecular weight is 213 g/mol. The lowest BCUT2D eigenvalue weighted by Gasteiger charge is -2.09. The van der Waals surface area contributed by atoms with Crippen molar-refractivity contribution in [1.29, 1.82) is 0 Å². The summed E-state index contributed by atoms with van der Waals surface area (Å²) < 4.78 is 60.1. The van der Waals surface area contributed by atoms with Crippen LogP contribution in [0.15, 0.2) is 12.3 Å². The Kier molecular flexibility index (Phi) is 2.59. The van der Waals surface area contributed by atoms with Crippen molar-refractivity contribution in [3.8, 4) is 5.75 Å². The Hall–Kier alpha value is -1.40. The summed E-state index contributed by atoms with van der Waals surface area (Å²) in [7, 11) is 0. The number of aromatic nitrogens is 1. The summed E-state index contributed by atoms with van der Waals surface area (Å²) in [5.74, 6) is -1.16. The molecule has 1 rings (SSSR count). The van der Waals surface area contributed by atoms with E-state index in [0.717, 1.165) is 0 Å². The van der Waals surface area contributed by atoms with Gasteiger partial charge in [-0.2, -0.15) is 13.2 Å². The van der Waals surface area contributed by atoms with Crippen molar-refractivity contribution in [2.75, 3.05) is 0 Å². The van der Waals surface area contributed by atoms with Gasteiger partial charge in [0.1, 0.15) is 17.0 Å². The first-order chi connectivity index (χ1) is 6.32. The minimum absolute atomic E-state index is 0.125. The summed E-state index contributed by atoms with van der Waals surface area (Å²) in [5.41, 5.74) is -2.53. The standard InChI is InChI=1S/C7H4F5NO/c8-6(9)4-1-3(7(10,11)12)5(14)2-13-4/h1-2,6,14H. The largest absolute Gasteiger partial charge is 0.506 e. The molecule has 14 heavy (non-hydrogen) atoms. The molecule has 0 amide bonds. The number of nitrogens with zero attached hydrogens (tertiary/aromatic N) is 1. The first kappa shape index (κ1) is 10.7. The Labute approximate surface area is 75.0 Å². The van der Waals surface area contributed by atoms with Gasteiger partial charge in [0.2, 0.25) is 0 Å². The highest BCUT2D eigenvalue weighted by Gasteiger charge is 2.35. The molecule has 0 unspecified atom stereocenters. The van der Waals surface area contributed by atoms with Crippen molar-refractivity contribution in [1.82, 2.24) is 4.98 Å². The predicted octanol–water partition coefficient (Wildman–Crippen LogP) is 2.74. The number of alkyl halides is 5. The topological polar surface area (TPSA) is 33.1 Å². The van der Waals surface area contributed by atoms with Crippen molar-refractivity contribution < 1.29 is 27.1 Å². The third kappa shape index (κ3) is 2.09. The van der Waals surface area contributed by atoms with Crippen LogP contribution < -0.4 is 0 Å². The fraction of sp³-hybridized carbons (Fsp3) is 0.286. The normalized spacial score (nSPS) is 12.1. The van der Waals surface area contributed by atoms with Crippen molar-refractivity contribution >= 4 is 0 Å². The molecule has 2 nitrogen and oxygen atoms in total. The lowest BCUT2D eigenvalue weighted by molar-refractivity contribution is -0.139. The maximum Gasteiger partial charge on any atom is 0.420 e. The third-order valence-electron chi connectivity index (χ3n) is 1.43. The molecule has 0 aliphatic carbocycles. The molecule has 0 spiro atoms. The molecule has 1 heterocycles. The van der Waals surface area contributed by atoms with Crippen LogP contribution in [-0.2, 0) is 6.18 Å². The van der Waals surface area contributed by atoms with Gasteiger partial charge in [-0.3, -0.25) is 4.98 Å². The Morgan fingerprint density at radius 2 is 1.86 bits per heavy atom. The summed E-state index contributed by atoms with van der Waals surface area (Å²) in [6.45, 7) is 0. The monoisotopic (exact) mass is 213 g/mol. The van der Waals surface area contributed by atoms with Gasteiger partial charge in [-0.15, -0.1) is 0 Å². The van der Waals surface area contributed by atoms with E-state index in [1.807, 2.05) is 0 Å². The number of hydrogen-bond donors (Lipinski definition) is 1. The first-order valence-electron chi connectivity index (χ1n) is 3.36. The average Bonchev–Trinajstić information content (AvgIpc) is 2.02. The molecule has 0 fully saturated rings. The second-order valence-corrected chi connectivity index (χ2v) is 2.42. The van der Waals surface area contributed by atoms with Crippen LogP contribution in [0.4, 0.5) is 22.0 Å². The second-order valence-electron chi connectivity index (χ2n) is 2.42. The minimum atomic E-state index is -4.86. The van der Waals surface area contributed by atoms with E-state index in [4.69, 9.17) is 5.11 Å². The Morgan fingerprint density at radius 3 is 2.29 bits per heavy atom. The zero-order valence-corrected chi connectivity index (χ0v) is 6.52. The molecule has 0 aliphatic heterocycles. The van der Waals surface area contributed by atoms with Crippen LogP contribution in [-0.4, -0.2) is 10.1 Å². The van der Waals surface area contributed by atoms with Crippen LogP contribution in [0.5, 0.6) is 5.75 Å². The molecule has 0 bridgehead atoms. The maximum atomic E-state index is 12.1. The lowest BCUT2D eigenvalue weighted by atomic mass is 10.2. The highest BCUT2D eigenvalue weighted by atomic mass is 19.4. The molecule has 0 aromatic carbocycles. The van der Waals surface area contributed by atoms with Crippen molar-refractivity contribution in [2.45, 2.75) is 12.6 Å². The zero-order chi connectivity index (χ0) is 10.9. The van der Waals surface area contributed by atoms with Crippen molar-refractivity contribution in [3.05, 3.63) is 23.5 Å². The van der Waals surface area contributed by atoms with Crippen LogP contribution in [0.3, 0.4) is 0 Å². The molecule has 78 valence electrons. The van der Waals surface area contributed by atoms with E-state index in [9.17, 15) is 22.0 Å². The van der Waals surface area contributed by atoms with Crippen LogP contribution in [0.1, 0.15) is 17.7 Å². The van der Waals surface area contributed by atoms with E-state index in [1.54, 1.807) is 0 Å². The molecule has 0 saturated heterocycles. The van der Waals surface area contributed by atoms with Gasteiger partial charge in [0.05, 0.1) is 6.20 Å². The molecule has 0 atom stereocenters. The maximum absolute atomic E-state index is 12.1. The number of rotatable bonds is 1. The smallest absolute Gasteiger partial charge is 0.420 e. The quantitative estimate of drug-likeness (QED) is 0.727. The van der Waals surface area contributed by atoms with Gasteiger partial charge in [-0.1, -0.05) is 0 Å². The van der Waals surface area contributed by atoms with Gasteiger partial charge in [-0.25, -0.2) is 8.78 Å². The van der Waals surface area contributed by atoms with Crippen molar-refractivity contribution in [3.63, 3.8) is 0 Å². The summed E-state index contributed by atoms with van der Waals surface area (Å²) in [6.07, 6.45) is -7.61. The molecule has 1 N–H and O–H groups in total. The third-order valence-corrected chi connectivity index (χ3v) is 1.43. The molecule has 0 radical (unpaired) electrons. The van der Waals surface area contributed by atoms with E-state index in [0.29, 0.717) is 6.20 Å². The van der Waals surface area contributed by atoms with E-state index in [2.05, 4.69) is 4.98 Å². The highest BCUT2D eigenvalue weighted by molar-refractivity contribution is 5.33. The van der Waals surface area contributed by atoms with Gasteiger partial charge in [0, 0.05) is 0 Å². The van der Waals surface area contributed by atoms with Gasteiger partial charge in [-0.05, 0) is 6.07 Å². The first-order valence-corrected chi connectivity index (χ1v) is 3.36. The number of hydrogen-bond acceptors (Lipinski definition) is 2. The van der Waals surface area contributed by atoms with E-state index in [1.165, 1.54) is 0 Å². The minimum Gasteiger partial charge on any atom is -0.506 e. The SMILES string of the molecule is Oc1cnc(C(F)F)cc1C(F)(F)F. The van der Waals surface area contributed by atoms with E-state index >= 15 is 0 Å². The van der Waals surface area contributed by atoms with Crippen molar-refractivity contribution in [2.24, 2.45) is 0 Å². The molecule has 1 aromatic rings. The Morgan fingerprint density at radius 1 is 1.29 bits per heavy atom. The number of halogens is 5. The van der Waals surface area contributed by atoms with Crippen LogP contribution >= 0.6 is 0 Å². The number of pyridine rings is 1. The Balaban J connectivity index is 3.22. The summed E-state index contributed by atoms with van der Waals surface area (Å²) in [6, 6.07) is 0.125. The summed E-state index contributed by atoms with van der Waals surface area (Å²) in [4.78, 5) is 2.95. The van der Waals surface area contributed by atoms with Crippen LogP contribution in [0.2, 0.25) is 0 Å². The van der Waals surface area contributed by atoms with Gasteiger partial charge < -0.3 is 5.11 Å². The van der Waals surface area contributed by atoms with Gasteiger partial charge in [0.25, 0.3) is 6.43 Å². The van der Waals surface area contributed by atoms with E-state index in [-0.39, 0.29) is 6.07 Å². The number of aromatic hydroxyl groups is 1. The van der Waals surface area contributed by atoms with Gasteiger partial charge >= 0.3 is 6.18 Å². The van der Waals surface area contributed by atoms with E-state index < -0.39 is 29.6 Å². The summed E-state index contributed by atoms with van der Waals surface area (Å²) >= 11 is 0. The predicted molar refractivity (Wildman–Crippen MR) is 35.9 cm³/mol. The second kappa shape index (κ2) is 3.39. The molecule has 7 heteroatoms. The molecule has 1 aromatic heterocycles. The molecule has 0 aliphatic rings. The molecule has 0 saturated carbocycles. The van der Waals surface area contributed by atoms with Crippen LogP contribution in [0.25, 0.3) is 0 Å². The highest BCUT2D eigenvalue weighted by Crippen LogP contribution is 2.36. The summed E-state index contributed by atoms with van der Waals surface area (Å²) in [5, 5.41) is 8.72. The fourth-order valence-electron chi connectivity index (χ4n) is 0.811. The Bertz CT molecular complexity index is 335. The fourth-order valence-corrected chi connectivity index (χ4v) is 0.811. The molecular weight excluding hydrogens is 209 g/mol. The molecular formula is C7H4F5NO. The van der Waals surface area contributed by atoms with Crippen LogP contribution in [0, 0.1) is 0 Å². The van der Waals surface area contributed by atoms with Gasteiger partial charge in [0.15, 0.2) is 0 Å². The lowest BCUT2D eigenvalue weighted by Crippen LogP contribution is -2.07. The zero-order valence-electron chi connectivity index (χ0n) is 6.52.